The molecule has 86 valence electrons. The summed E-state index contributed by atoms with van der Waals surface area (Å²) in [5.41, 5.74) is 7.32. The molecule has 0 aliphatic carbocycles. The second-order valence-electron chi connectivity index (χ2n) is 4.67. The predicted octanol–water partition coefficient (Wildman–Crippen LogP) is 1.78. The van der Waals surface area contributed by atoms with Gasteiger partial charge in [-0.3, -0.25) is 0 Å². The Labute approximate surface area is 97.5 Å². The summed E-state index contributed by atoms with van der Waals surface area (Å²) in [5, 5.41) is 0. The van der Waals surface area contributed by atoms with Gasteiger partial charge in [-0.2, -0.15) is 0 Å². The highest BCUT2D eigenvalue weighted by atomic mass is 35.5. The summed E-state index contributed by atoms with van der Waals surface area (Å²) in [5.74, 6) is 1.88. The molecule has 0 saturated carbocycles. The summed E-state index contributed by atoms with van der Waals surface area (Å²) < 4.78 is 2.31. The smallest absolute Gasteiger partial charge is 0.109 e. The zero-order valence-electron chi connectivity index (χ0n) is 9.44. The van der Waals surface area contributed by atoms with Crippen molar-refractivity contribution in [1.29, 1.82) is 0 Å². The summed E-state index contributed by atoms with van der Waals surface area (Å²) in [7, 11) is 0. The average Bonchev–Trinajstić information content (AvgIpc) is 2.47. The SMILES string of the molecule is CC(C)Cc1ncc2n1CC(N)CC2.Cl. The Balaban J connectivity index is 0.00000112. The Kier molecular flexibility index (Phi) is 4.17. The summed E-state index contributed by atoms with van der Waals surface area (Å²) in [4.78, 5) is 4.48. The summed E-state index contributed by atoms with van der Waals surface area (Å²) in [6, 6.07) is 0.322. The van der Waals surface area contributed by atoms with Gasteiger partial charge in [0.25, 0.3) is 0 Å². The number of rotatable bonds is 2. The van der Waals surface area contributed by atoms with Crippen molar-refractivity contribution in [2.24, 2.45) is 11.7 Å². The van der Waals surface area contributed by atoms with Crippen molar-refractivity contribution >= 4 is 12.4 Å². The van der Waals surface area contributed by atoms with E-state index in [2.05, 4.69) is 23.4 Å². The molecule has 0 spiro atoms. The maximum atomic E-state index is 5.96. The van der Waals surface area contributed by atoms with Crippen LogP contribution in [-0.4, -0.2) is 15.6 Å². The molecule has 1 unspecified atom stereocenters. The van der Waals surface area contributed by atoms with Crippen molar-refractivity contribution in [2.75, 3.05) is 0 Å². The first-order valence-corrected chi connectivity index (χ1v) is 5.45. The Bertz CT molecular complexity index is 320. The lowest BCUT2D eigenvalue weighted by molar-refractivity contribution is 0.440. The minimum atomic E-state index is 0. The molecule has 0 amide bonds. The number of aryl methyl sites for hydroxylation is 1. The number of hydrogen-bond donors (Lipinski definition) is 1. The quantitative estimate of drug-likeness (QED) is 0.840. The Morgan fingerprint density at radius 1 is 1.60 bits per heavy atom. The molecular formula is C11H20ClN3. The number of hydrogen-bond acceptors (Lipinski definition) is 2. The van der Waals surface area contributed by atoms with Gasteiger partial charge >= 0.3 is 0 Å². The van der Waals surface area contributed by atoms with Crippen LogP contribution >= 0.6 is 12.4 Å². The first kappa shape index (κ1) is 12.5. The van der Waals surface area contributed by atoms with Crippen molar-refractivity contribution in [3.63, 3.8) is 0 Å². The van der Waals surface area contributed by atoms with Crippen LogP contribution in [-0.2, 0) is 19.4 Å². The first-order chi connectivity index (χ1) is 6.66. The summed E-state index contributed by atoms with van der Waals surface area (Å²) in [6.07, 6.45) is 5.27. The number of nitrogens with two attached hydrogens (primary N) is 1. The monoisotopic (exact) mass is 229 g/mol. The van der Waals surface area contributed by atoms with E-state index in [-0.39, 0.29) is 12.4 Å². The summed E-state index contributed by atoms with van der Waals surface area (Å²) in [6.45, 7) is 5.41. The molecule has 1 aromatic rings. The molecule has 2 heterocycles. The van der Waals surface area contributed by atoms with Crippen LogP contribution in [0.1, 0.15) is 31.8 Å². The van der Waals surface area contributed by atoms with E-state index in [9.17, 15) is 0 Å². The fourth-order valence-electron chi connectivity index (χ4n) is 2.06. The molecule has 3 nitrogen and oxygen atoms in total. The molecule has 2 N–H and O–H groups in total. The van der Waals surface area contributed by atoms with E-state index >= 15 is 0 Å². The third kappa shape index (κ3) is 2.73. The zero-order valence-corrected chi connectivity index (χ0v) is 10.3. The number of aromatic nitrogens is 2. The van der Waals surface area contributed by atoms with Crippen molar-refractivity contribution in [3.8, 4) is 0 Å². The maximum Gasteiger partial charge on any atom is 0.109 e. The van der Waals surface area contributed by atoms with E-state index in [4.69, 9.17) is 5.73 Å². The van der Waals surface area contributed by atoms with Crippen molar-refractivity contribution in [3.05, 3.63) is 17.7 Å². The average molecular weight is 230 g/mol. The number of nitrogens with zero attached hydrogens (tertiary/aromatic N) is 2. The van der Waals surface area contributed by atoms with Crippen molar-refractivity contribution in [2.45, 2.75) is 45.7 Å². The van der Waals surface area contributed by atoms with E-state index in [1.807, 2.05) is 6.20 Å². The van der Waals surface area contributed by atoms with E-state index in [0.717, 1.165) is 25.8 Å². The van der Waals surface area contributed by atoms with Gasteiger partial charge in [0.15, 0.2) is 0 Å². The minimum absolute atomic E-state index is 0. The molecule has 15 heavy (non-hydrogen) atoms. The third-order valence-corrected chi connectivity index (χ3v) is 2.80. The van der Waals surface area contributed by atoms with Crippen LogP contribution in [0.25, 0.3) is 0 Å². The second-order valence-corrected chi connectivity index (χ2v) is 4.67. The highest BCUT2D eigenvalue weighted by Gasteiger charge is 2.18. The van der Waals surface area contributed by atoms with Gasteiger partial charge in [-0.05, 0) is 18.8 Å². The number of halogens is 1. The van der Waals surface area contributed by atoms with E-state index in [0.29, 0.717) is 12.0 Å². The maximum absolute atomic E-state index is 5.96. The predicted molar refractivity (Wildman–Crippen MR) is 64.3 cm³/mol. The molecule has 0 radical (unpaired) electrons. The largest absolute Gasteiger partial charge is 0.330 e. The first-order valence-electron chi connectivity index (χ1n) is 5.45. The van der Waals surface area contributed by atoms with Gasteiger partial charge in [-0.25, -0.2) is 4.98 Å². The van der Waals surface area contributed by atoms with Gasteiger partial charge in [0.2, 0.25) is 0 Å². The molecule has 2 rings (SSSR count). The standard InChI is InChI=1S/C11H19N3.ClH/c1-8(2)5-11-13-6-10-4-3-9(12)7-14(10)11;/h6,8-9H,3-5,7,12H2,1-2H3;1H. The van der Waals surface area contributed by atoms with Crippen LogP contribution in [0.15, 0.2) is 6.20 Å². The molecule has 0 aromatic carbocycles. The third-order valence-electron chi connectivity index (χ3n) is 2.80. The van der Waals surface area contributed by atoms with Crippen LogP contribution in [0.5, 0.6) is 0 Å². The highest BCUT2D eigenvalue weighted by Crippen LogP contribution is 2.17. The molecule has 1 aromatic heterocycles. The van der Waals surface area contributed by atoms with E-state index < -0.39 is 0 Å². The normalized spacial score (nSPS) is 19.9. The summed E-state index contributed by atoms with van der Waals surface area (Å²) >= 11 is 0. The molecule has 1 aliphatic rings. The minimum Gasteiger partial charge on any atom is -0.330 e. The Hall–Kier alpha value is -0.540. The molecule has 4 heteroatoms. The topological polar surface area (TPSA) is 43.8 Å². The lowest BCUT2D eigenvalue weighted by atomic mass is 10.1. The number of fused-ring (bicyclic) bond motifs is 1. The van der Waals surface area contributed by atoms with Crippen LogP contribution in [0.4, 0.5) is 0 Å². The van der Waals surface area contributed by atoms with Crippen molar-refractivity contribution in [1.82, 2.24) is 9.55 Å². The Morgan fingerprint density at radius 2 is 2.33 bits per heavy atom. The molecular weight excluding hydrogens is 210 g/mol. The molecule has 1 aliphatic heterocycles. The fourth-order valence-corrected chi connectivity index (χ4v) is 2.06. The second kappa shape index (κ2) is 4.99. The molecule has 0 fully saturated rings. The Morgan fingerprint density at radius 3 is 3.00 bits per heavy atom. The number of imidazole rings is 1. The van der Waals surface area contributed by atoms with E-state index in [1.165, 1.54) is 11.5 Å². The van der Waals surface area contributed by atoms with E-state index in [1.54, 1.807) is 0 Å². The van der Waals surface area contributed by atoms with Gasteiger partial charge in [-0.15, -0.1) is 12.4 Å². The fraction of sp³-hybridized carbons (Fsp3) is 0.727. The lowest BCUT2D eigenvalue weighted by Gasteiger charge is -2.22. The zero-order chi connectivity index (χ0) is 10.1. The van der Waals surface area contributed by atoms with Gasteiger partial charge in [0.05, 0.1) is 0 Å². The lowest BCUT2D eigenvalue weighted by Crippen LogP contribution is -2.32. The van der Waals surface area contributed by atoms with Gasteiger partial charge in [-0.1, -0.05) is 13.8 Å². The van der Waals surface area contributed by atoms with Gasteiger partial charge < -0.3 is 10.3 Å². The highest BCUT2D eigenvalue weighted by molar-refractivity contribution is 5.85. The van der Waals surface area contributed by atoms with Crippen molar-refractivity contribution < 1.29 is 0 Å². The molecule has 0 bridgehead atoms. The van der Waals surface area contributed by atoms with Crippen LogP contribution < -0.4 is 5.73 Å². The van der Waals surface area contributed by atoms with Crippen LogP contribution in [0.2, 0.25) is 0 Å². The van der Waals surface area contributed by atoms with Gasteiger partial charge in [0.1, 0.15) is 5.82 Å². The molecule has 0 saturated heterocycles. The van der Waals surface area contributed by atoms with Crippen LogP contribution in [0, 0.1) is 5.92 Å². The molecule has 1 atom stereocenters. The van der Waals surface area contributed by atoms with Crippen LogP contribution in [0.3, 0.4) is 0 Å². The van der Waals surface area contributed by atoms with Gasteiger partial charge in [0, 0.05) is 30.9 Å².